The van der Waals surface area contributed by atoms with E-state index in [0.717, 1.165) is 109 Å². The Morgan fingerprint density at radius 1 is 0.287 bits per heavy atom. The zero-order valence-corrected chi connectivity index (χ0v) is 62.9. The first kappa shape index (κ1) is 92.1. The monoisotopic (exact) mass is 1380 g/mol. The molecule has 5 atom stereocenters. The second kappa shape index (κ2) is 68.2. The molecule has 0 rings (SSSR count). The number of phosphoric acid groups is 2. The predicted octanol–water partition coefficient (Wildman–Crippen LogP) is 22.1. The summed E-state index contributed by atoms with van der Waals surface area (Å²) in [4.78, 5) is 72.6. The van der Waals surface area contributed by atoms with Crippen LogP contribution in [0.4, 0.5) is 0 Å². The van der Waals surface area contributed by atoms with E-state index in [1.165, 1.54) is 205 Å². The van der Waals surface area contributed by atoms with Gasteiger partial charge in [-0.3, -0.25) is 37.3 Å². The summed E-state index contributed by atoms with van der Waals surface area (Å²) in [5.74, 6) is -1.40. The van der Waals surface area contributed by atoms with Crippen molar-refractivity contribution in [1.82, 2.24) is 0 Å². The molecule has 0 aliphatic heterocycles. The molecule has 0 saturated heterocycles. The number of hydrogen-bond donors (Lipinski definition) is 3. The standard InChI is InChI=1S/C75H146O17P2/c1-6-9-12-15-18-20-22-24-26-27-28-29-30-31-32-33-35-37-39-45-50-55-60-74(79)91-71(65-86-73(78)59-54-49-44-38-36-34-25-23-21-19-16-13-10-7-2)67-90-94(83,84)88-63-69(76)62-87-93(81,82)89-66-70(64-85-72(77)58-53-48-42-17-14-11-8-3)92-75(80)61-56-51-46-41-40-43-47-52-57-68(4)5/h68-71,76H,6-67H2,1-5H3,(H,81,82)(H,83,84)/t69-,70+,71+/m0/s1. The maximum atomic E-state index is 13.1. The Morgan fingerprint density at radius 3 is 0.723 bits per heavy atom. The average Bonchev–Trinajstić information content (AvgIpc) is 1.49. The van der Waals surface area contributed by atoms with Crippen LogP contribution in [0.3, 0.4) is 0 Å². The van der Waals surface area contributed by atoms with Crippen LogP contribution in [-0.2, 0) is 65.4 Å². The summed E-state index contributed by atoms with van der Waals surface area (Å²) in [5, 5.41) is 10.6. The third-order valence-corrected chi connectivity index (χ3v) is 19.4. The van der Waals surface area contributed by atoms with Gasteiger partial charge in [0.25, 0.3) is 0 Å². The third-order valence-electron chi connectivity index (χ3n) is 17.5. The molecule has 0 aromatic rings. The molecule has 558 valence electrons. The molecule has 0 saturated carbocycles. The van der Waals surface area contributed by atoms with Crippen LogP contribution in [0.2, 0.25) is 0 Å². The van der Waals surface area contributed by atoms with Gasteiger partial charge in [-0.15, -0.1) is 0 Å². The summed E-state index contributed by atoms with van der Waals surface area (Å²) >= 11 is 0. The highest BCUT2D eigenvalue weighted by Crippen LogP contribution is 2.45. The summed E-state index contributed by atoms with van der Waals surface area (Å²) in [6.45, 7) is 7.19. The van der Waals surface area contributed by atoms with Crippen molar-refractivity contribution in [2.24, 2.45) is 5.92 Å². The molecule has 3 N–H and O–H groups in total. The Kier molecular flexibility index (Phi) is 66.8. The number of esters is 4. The predicted molar refractivity (Wildman–Crippen MR) is 382 cm³/mol. The zero-order chi connectivity index (χ0) is 69.1. The number of aliphatic hydroxyl groups is 1. The molecule has 17 nitrogen and oxygen atoms in total. The molecule has 0 radical (unpaired) electrons. The van der Waals surface area contributed by atoms with Gasteiger partial charge in [-0.1, -0.05) is 343 Å². The maximum absolute atomic E-state index is 13.1. The van der Waals surface area contributed by atoms with Crippen molar-refractivity contribution < 1.29 is 80.2 Å². The van der Waals surface area contributed by atoms with E-state index in [4.69, 9.17) is 37.0 Å². The number of hydrogen-bond acceptors (Lipinski definition) is 15. The molecule has 0 fully saturated rings. The van der Waals surface area contributed by atoms with Gasteiger partial charge in [0.1, 0.15) is 19.3 Å². The first-order valence-electron chi connectivity index (χ1n) is 39.1. The van der Waals surface area contributed by atoms with Gasteiger partial charge < -0.3 is 33.8 Å². The lowest BCUT2D eigenvalue weighted by Gasteiger charge is -2.21. The van der Waals surface area contributed by atoms with E-state index in [2.05, 4.69) is 34.6 Å². The molecule has 2 unspecified atom stereocenters. The molecule has 0 aliphatic rings. The van der Waals surface area contributed by atoms with Crippen molar-refractivity contribution in [2.45, 2.75) is 412 Å². The number of carbonyl (C=O) groups is 4. The summed E-state index contributed by atoms with van der Waals surface area (Å²) in [6, 6.07) is 0. The van der Waals surface area contributed by atoms with Crippen LogP contribution in [0.15, 0.2) is 0 Å². The molecule has 94 heavy (non-hydrogen) atoms. The van der Waals surface area contributed by atoms with Gasteiger partial charge >= 0.3 is 39.5 Å². The van der Waals surface area contributed by atoms with Crippen LogP contribution < -0.4 is 0 Å². The van der Waals surface area contributed by atoms with Crippen LogP contribution in [-0.4, -0.2) is 96.7 Å². The smallest absolute Gasteiger partial charge is 0.462 e. The van der Waals surface area contributed by atoms with Crippen molar-refractivity contribution >= 4 is 39.5 Å². The minimum Gasteiger partial charge on any atom is -0.462 e. The molecule has 0 aromatic heterocycles. The number of ether oxygens (including phenoxy) is 4. The summed E-state index contributed by atoms with van der Waals surface area (Å²) in [6.07, 6.45) is 57.2. The van der Waals surface area contributed by atoms with Crippen LogP contribution in [0.25, 0.3) is 0 Å². The van der Waals surface area contributed by atoms with Gasteiger partial charge in [-0.05, 0) is 31.6 Å². The lowest BCUT2D eigenvalue weighted by atomic mass is 10.0. The van der Waals surface area contributed by atoms with Crippen molar-refractivity contribution in [3.05, 3.63) is 0 Å². The highest BCUT2D eigenvalue weighted by atomic mass is 31.2. The topological polar surface area (TPSA) is 237 Å². The fourth-order valence-corrected chi connectivity index (χ4v) is 13.1. The molecule has 0 aliphatic carbocycles. The van der Waals surface area contributed by atoms with Gasteiger partial charge in [0.05, 0.1) is 26.4 Å². The lowest BCUT2D eigenvalue weighted by Crippen LogP contribution is -2.30. The molecular formula is C75H146O17P2. The first-order valence-corrected chi connectivity index (χ1v) is 42.1. The number of aliphatic hydroxyl groups excluding tert-OH is 1. The average molecular weight is 1380 g/mol. The number of unbranched alkanes of at least 4 members (excludes halogenated alkanes) is 47. The molecule has 0 heterocycles. The summed E-state index contributed by atoms with van der Waals surface area (Å²) in [5.41, 5.74) is 0. The van der Waals surface area contributed by atoms with Crippen molar-refractivity contribution in [3.63, 3.8) is 0 Å². The molecule has 0 bridgehead atoms. The Hall–Kier alpha value is -1.94. The molecule has 0 amide bonds. The van der Waals surface area contributed by atoms with Crippen LogP contribution in [0.1, 0.15) is 394 Å². The number of phosphoric ester groups is 2. The fourth-order valence-electron chi connectivity index (χ4n) is 11.5. The number of carbonyl (C=O) groups excluding carboxylic acids is 4. The quantitative estimate of drug-likeness (QED) is 0.0222. The van der Waals surface area contributed by atoms with Crippen molar-refractivity contribution in [2.75, 3.05) is 39.6 Å². The molecule has 19 heteroatoms. The Labute approximate surface area is 575 Å². The van der Waals surface area contributed by atoms with Crippen LogP contribution in [0.5, 0.6) is 0 Å². The summed E-state index contributed by atoms with van der Waals surface area (Å²) in [7, 11) is -9.90. The minimum atomic E-state index is -4.95. The van der Waals surface area contributed by atoms with Gasteiger partial charge in [0, 0.05) is 25.7 Å². The highest BCUT2D eigenvalue weighted by molar-refractivity contribution is 7.47. The van der Waals surface area contributed by atoms with E-state index in [1.807, 2.05) is 0 Å². The van der Waals surface area contributed by atoms with E-state index in [-0.39, 0.29) is 25.7 Å². The second-order valence-electron chi connectivity index (χ2n) is 27.5. The Balaban J connectivity index is 5.14. The first-order chi connectivity index (χ1) is 45.5. The molecule has 0 spiro atoms. The van der Waals surface area contributed by atoms with E-state index in [0.29, 0.717) is 25.7 Å². The van der Waals surface area contributed by atoms with E-state index >= 15 is 0 Å². The van der Waals surface area contributed by atoms with Crippen molar-refractivity contribution in [1.29, 1.82) is 0 Å². The third kappa shape index (κ3) is 68.6. The number of rotatable bonds is 75. The van der Waals surface area contributed by atoms with E-state index in [9.17, 15) is 43.2 Å². The zero-order valence-electron chi connectivity index (χ0n) is 61.1. The van der Waals surface area contributed by atoms with Gasteiger partial charge in [0.15, 0.2) is 12.2 Å². The van der Waals surface area contributed by atoms with Crippen molar-refractivity contribution in [3.8, 4) is 0 Å². The fraction of sp³-hybridized carbons (Fsp3) is 0.947. The Morgan fingerprint density at radius 2 is 0.489 bits per heavy atom. The van der Waals surface area contributed by atoms with Gasteiger partial charge in [-0.2, -0.15) is 0 Å². The minimum absolute atomic E-state index is 0.104. The van der Waals surface area contributed by atoms with Crippen LogP contribution >= 0.6 is 15.6 Å². The van der Waals surface area contributed by atoms with Gasteiger partial charge in [0.2, 0.25) is 0 Å². The maximum Gasteiger partial charge on any atom is 0.472 e. The van der Waals surface area contributed by atoms with E-state index < -0.39 is 97.5 Å². The lowest BCUT2D eigenvalue weighted by molar-refractivity contribution is -0.161. The molecule has 0 aromatic carbocycles. The summed E-state index contributed by atoms with van der Waals surface area (Å²) < 4.78 is 68.3. The Bertz CT molecular complexity index is 1810. The molecular weight excluding hydrogens is 1230 g/mol. The highest BCUT2D eigenvalue weighted by Gasteiger charge is 2.30. The SMILES string of the molecule is CCCCCCCCCCCCCCCCCCCCCCCCC(=O)O[C@H](COC(=O)CCCCCCCCCCCCCCCC)COP(=O)(O)OC[C@@H](O)COP(=O)(O)OC[C@@H](COC(=O)CCCCCCCCC)OC(=O)CCCCCCCCCCC(C)C. The largest absolute Gasteiger partial charge is 0.472 e. The van der Waals surface area contributed by atoms with Crippen LogP contribution in [0, 0.1) is 5.92 Å². The van der Waals surface area contributed by atoms with E-state index in [1.54, 1.807) is 0 Å². The normalized spacial score (nSPS) is 14.0. The second-order valence-corrected chi connectivity index (χ2v) is 30.4. The van der Waals surface area contributed by atoms with Gasteiger partial charge in [-0.25, -0.2) is 9.13 Å².